The highest BCUT2D eigenvalue weighted by Gasteiger charge is 2.53. The second-order valence-electron chi connectivity index (χ2n) is 18.5. The summed E-state index contributed by atoms with van der Waals surface area (Å²) in [5, 5.41) is 22.2. The Hall–Kier alpha value is -2.98. The minimum absolute atomic E-state index is 0.0341. The Kier molecular flexibility index (Phi) is 14.7. The molecule has 0 aliphatic heterocycles. The van der Waals surface area contributed by atoms with Crippen molar-refractivity contribution in [1.82, 2.24) is 21.3 Å². The first-order chi connectivity index (χ1) is 22.8. The van der Waals surface area contributed by atoms with Gasteiger partial charge in [-0.2, -0.15) is 0 Å². The van der Waals surface area contributed by atoms with Crippen LogP contribution >= 0.6 is 0 Å². The molecule has 4 amide bonds. The van der Waals surface area contributed by atoms with E-state index in [1.165, 1.54) is 0 Å². The molecule has 0 radical (unpaired) electrons. The predicted octanol–water partition coefficient (Wildman–Crippen LogP) is 6.18. The van der Waals surface area contributed by atoms with Crippen LogP contribution in [0.3, 0.4) is 0 Å². The van der Waals surface area contributed by atoms with Crippen molar-refractivity contribution in [2.75, 3.05) is 0 Å². The molecular weight excluding hydrogens is 636 g/mol. The van der Waals surface area contributed by atoms with Crippen LogP contribution in [0.5, 0.6) is 0 Å². The molecule has 286 valence electrons. The SMILES string of the molecule is CC[C@@H](NC(=O)[C@@H](NC(=O)[C@@H](CC(=O)C(NC(=O)NC1[C@H](C)CCC[C@@H]1C)C(C)(C)C)CC(=O)C(C)(C)C)C1(C(=O)O)CCCC1)C(C)(C)C. The molecule has 2 aliphatic rings. The van der Waals surface area contributed by atoms with Crippen LogP contribution in [0.1, 0.15) is 147 Å². The Morgan fingerprint density at radius 3 is 1.72 bits per heavy atom. The summed E-state index contributed by atoms with van der Waals surface area (Å²) in [5.41, 5.74) is -3.40. The van der Waals surface area contributed by atoms with Crippen LogP contribution in [0, 0.1) is 39.4 Å². The molecule has 2 aliphatic carbocycles. The van der Waals surface area contributed by atoms with Gasteiger partial charge in [-0.25, -0.2) is 4.79 Å². The fourth-order valence-corrected chi connectivity index (χ4v) is 7.75. The minimum Gasteiger partial charge on any atom is -0.481 e. The molecule has 2 unspecified atom stereocenters. The summed E-state index contributed by atoms with van der Waals surface area (Å²) in [6, 6.07) is -3.16. The van der Waals surface area contributed by atoms with Gasteiger partial charge in [-0.05, 0) is 54.8 Å². The van der Waals surface area contributed by atoms with Crippen molar-refractivity contribution < 1.29 is 33.9 Å². The Morgan fingerprint density at radius 2 is 1.28 bits per heavy atom. The molecule has 0 aromatic carbocycles. The van der Waals surface area contributed by atoms with Gasteiger partial charge in [-0.3, -0.25) is 24.0 Å². The Bertz CT molecular complexity index is 1230. The Balaban J connectivity index is 2.46. The molecule has 0 heterocycles. The number of amides is 4. The molecule has 2 rings (SSSR count). The quantitative estimate of drug-likeness (QED) is 0.144. The highest BCUT2D eigenvalue weighted by molar-refractivity contribution is 5.98. The van der Waals surface area contributed by atoms with Gasteiger partial charge in [0.15, 0.2) is 5.78 Å². The maximum absolute atomic E-state index is 14.3. The van der Waals surface area contributed by atoms with E-state index in [1.54, 1.807) is 20.8 Å². The number of hydrogen-bond acceptors (Lipinski definition) is 6. The lowest BCUT2D eigenvalue weighted by Gasteiger charge is -2.38. The van der Waals surface area contributed by atoms with E-state index in [1.807, 2.05) is 48.5 Å². The number of aliphatic carboxylic acids is 1. The number of ketones is 2. The van der Waals surface area contributed by atoms with Crippen LogP contribution in [-0.4, -0.2) is 64.7 Å². The summed E-state index contributed by atoms with van der Waals surface area (Å²) < 4.78 is 0. The molecule has 50 heavy (non-hydrogen) atoms. The lowest BCUT2D eigenvalue weighted by Crippen LogP contribution is -2.61. The first kappa shape index (κ1) is 43.2. The van der Waals surface area contributed by atoms with Gasteiger partial charge in [-0.15, -0.1) is 0 Å². The molecule has 0 saturated heterocycles. The molecule has 0 spiro atoms. The van der Waals surface area contributed by atoms with Gasteiger partial charge in [0.2, 0.25) is 11.8 Å². The highest BCUT2D eigenvalue weighted by Crippen LogP contribution is 2.42. The number of hydrogen-bond donors (Lipinski definition) is 5. The molecular formula is C39H68N4O7. The molecule has 0 aromatic rings. The standard InChI is InChI=1S/C39H68N4O7/c1-13-27(36(4,5)6)40-33(47)31(39(34(48)49)19-14-15-20-39)42-32(46)25(22-28(45)37(7,8)9)21-26(44)30(38(10,11)12)43-35(50)41-29-23(2)17-16-18-24(29)3/h23-25,27,29-31H,13-22H2,1-12H3,(H,40,47)(H,42,46)(H,48,49)(H2,41,43,50)/t23-,24+,25-,27+,29?,30?,31+/m0/s1. The molecule has 2 fully saturated rings. The molecule has 2 saturated carbocycles. The van der Waals surface area contributed by atoms with E-state index < -0.39 is 63.8 Å². The van der Waals surface area contributed by atoms with Gasteiger partial charge in [0, 0.05) is 30.3 Å². The van der Waals surface area contributed by atoms with Crippen molar-refractivity contribution in [2.24, 2.45) is 39.4 Å². The maximum Gasteiger partial charge on any atom is 0.315 e. The van der Waals surface area contributed by atoms with Crippen molar-refractivity contribution in [2.45, 2.75) is 171 Å². The average molecular weight is 705 g/mol. The van der Waals surface area contributed by atoms with Crippen LogP contribution in [-0.2, 0) is 24.0 Å². The number of carboxylic acid groups (broad SMARTS) is 1. The number of nitrogens with one attached hydrogen (secondary N) is 4. The number of urea groups is 1. The Morgan fingerprint density at radius 1 is 0.740 bits per heavy atom. The van der Waals surface area contributed by atoms with Crippen LogP contribution in [0.2, 0.25) is 0 Å². The van der Waals surface area contributed by atoms with Gasteiger partial charge in [0.1, 0.15) is 11.8 Å². The van der Waals surface area contributed by atoms with Gasteiger partial charge in [-0.1, -0.05) is 102 Å². The van der Waals surface area contributed by atoms with E-state index in [0.717, 1.165) is 19.3 Å². The zero-order valence-electron chi connectivity index (χ0n) is 33.0. The number of carbonyl (C=O) groups is 6. The van der Waals surface area contributed by atoms with Gasteiger partial charge < -0.3 is 26.4 Å². The van der Waals surface area contributed by atoms with Crippen molar-refractivity contribution >= 4 is 35.4 Å². The fourth-order valence-electron chi connectivity index (χ4n) is 7.75. The third-order valence-electron chi connectivity index (χ3n) is 11.2. The first-order valence-corrected chi connectivity index (χ1v) is 18.8. The van der Waals surface area contributed by atoms with E-state index in [2.05, 4.69) is 35.1 Å². The molecule has 0 aromatic heterocycles. The summed E-state index contributed by atoms with van der Waals surface area (Å²) in [5.74, 6) is -3.76. The maximum atomic E-state index is 14.3. The van der Waals surface area contributed by atoms with E-state index in [4.69, 9.17) is 0 Å². The second kappa shape index (κ2) is 17.0. The van der Waals surface area contributed by atoms with E-state index in [-0.39, 0.29) is 49.0 Å². The van der Waals surface area contributed by atoms with Gasteiger partial charge >= 0.3 is 12.0 Å². The van der Waals surface area contributed by atoms with Crippen LogP contribution in [0.15, 0.2) is 0 Å². The van der Waals surface area contributed by atoms with Gasteiger partial charge in [0.05, 0.1) is 17.4 Å². The lowest BCUT2D eigenvalue weighted by atomic mass is 9.76. The normalized spacial score (nSPS) is 23.5. The Labute approximate surface area is 301 Å². The van der Waals surface area contributed by atoms with E-state index in [0.29, 0.717) is 31.1 Å². The average Bonchev–Trinajstić information content (AvgIpc) is 3.48. The third kappa shape index (κ3) is 11.3. The minimum atomic E-state index is -1.53. The zero-order chi connectivity index (χ0) is 38.4. The predicted molar refractivity (Wildman–Crippen MR) is 195 cm³/mol. The summed E-state index contributed by atoms with van der Waals surface area (Å²) >= 11 is 0. The van der Waals surface area contributed by atoms with Crippen molar-refractivity contribution in [3.63, 3.8) is 0 Å². The highest BCUT2D eigenvalue weighted by atomic mass is 16.4. The molecule has 5 N–H and O–H groups in total. The lowest BCUT2D eigenvalue weighted by molar-refractivity contribution is -0.155. The first-order valence-electron chi connectivity index (χ1n) is 18.8. The summed E-state index contributed by atoms with van der Waals surface area (Å²) in [6.07, 6.45) is 4.66. The monoisotopic (exact) mass is 705 g/mol. The summed E-state index contributed by atoms with van der Waals surface area (Å²) in [6.45, 7) is 22.8. The molecule has 7 atom stereocenters. The number of carbonyl (C=O) groups excluding carboxylic acids is 5. The summed E-state index contributed by atoms with van der Waals surface area (Å²) in [7, 11) is 0. The zero-order valence-corrected chi connectivity index (χ0v) is 33.0. The second-order valence-corrected chi connectivity index (χ2v) is 18.5. The fraction of sp³-hybridized carbons (Fsp3) is 0.846. The number of Topliss-reactive ketones (excluding diaryl/α,β-unsaturated/α-hetero) is 2. The van der Waals surface area contributed by atoms with Crippen LogP contribution in [0.4, 0.5) is 4.79 Å². The van der Waals surface area contributed by atoms with Crippen molar-refractivity contribution in [1.29, 1.82) is 0 Å². The van der Waals surface area contributed by atoms with Crippen molar-refractivity contribution in [3.8, 4) is 0 Å². The third-order valence-corrected chi connectivity index (χ3v) is 11.2. The van der Waals surface area contributed by atoms with E-state index in [9.17, 15) is 33.9 Å². The van der Waals surface area contributed by atoms with Crippen LogP contribution in [0.25, 0.3) is 0 Å². The molecule has 11 nitrogen and oxygen atoms in total. The van der Waals surface area contributed by atoms with Crippen LogP contribution < -0.4 is 21.3 Å². The molecule has 11 heteroatoms. The summed E-state index contributed by atoms with van der Waals surface area (Å²) in [4.78, 5) is 82.0. The van der Waals surface area contributed by atoms with E-state index >= 15 is 0 Å². The molecule has 0 bridgehead atoms. The number of carboxylic acids is 1. The van der Waals surface area contributed by atoms with Crippen molar-refractivity contribution in [3.05, 3.63) is 0 Å². The smallest absolute Gasteiger partial charge is 0.315 e. The topological polar surface area (TPSA) is 171 Å². The largest absolute Gasteiger partial charge is 0.481 e. The van der Waals surface area contributed by atoms with Gasteiger partial charge in [0.25, 0.3) is 0 Å². The number of rotatable bonds is 14.